The maximum atomic E-state index is 12.2. The van der Waals surface area contributed by atoms with Gasteiger partial charge in [-0.15, -0.1) is 10.2 Å². The highest BCUT2D eigenvalue weighted by Gasteiger charge is 2.16. The van der Waals surface area contributed by atoms with Crippen LogP contribution in [0.2, 0.25) is 0 Å². The molecule has 0 spiro atoms. The van der Waals surface area contributed by atoms with E-state index in [1.165, 1.54) is 0 Å². The van der Waals surface area contributed by atoms with E-state index in [0.29, 0.717) is 28.6 Å². The van der Waals surface area contributed by atoms with Crippen LogP contribution in [0.1, 0.15) is 10.4 Å². The largest absolute Gasteiger partial charge is 0.454 e. The number of fused-ring (bicyclic) bond motifs is 1. The van der Waals surface area contributed by atoms with E-state index in [0.717, 1.165) is 5.56 Å². The van der Waals surface area contributed by atoms with Crippen molar-refractivity contribution in [1.82, 2.24) is 20.1 Å². The first-order valence-electron chi connectivity index (χ1n) is 8.52. The normalized spacial score (nSPS) is 11.9. The molecule has 2 amide bonds. The third kappa shape index (κ3) is 3.63. The van der Waals surface area contributed by atoms with E-state index < -0.39 is 0 Å². The number of hydrogen-bond acceptors (Lipinski definition) is 6. The molecule has 28 heavy (non-hydrogen) atoms. The van der Waals surface area contributed by atoms with Crippen LogP contribution in [0.4, 0.5) is 5.69 Å². The lowest BCUT2D eigenvalue weighted by molar-refractivity contribution is -0.115. The summed E-state index contributed by atoms with van der Waals surface area (Å²) in [6.07, 6.45) is 1.60. The Bertz CT molecular complexity index is 1050. The number of anilines is 1. The second kappa shape index (κ2) is 7.39. The van der Waals surface area contributed by atoms with Crippen molar-refractivity contribution in [1.29, 1.82) is 0 Å². The summed E-state index contributed by atoms with van der Waals surface area (Å²) in [5.41, 5.74) is 1.81. The first-order chi connectivity index (χ1) is 13.6. The number of ether oxygens (including phenoxy) is 2. The van der Waals surface area contributed by atoms with Gasteiger partial charge in [0.05, 0.1) is 6.54 Å². The number of nitrogens with one attached hydrogen (secondary N) is 2. The fourth-order valence-electron chi connectivity index (χ4n) is 2.79. The number of hydrogen-bond donors (Lipinski definition) is 2. The van der Waals surface area contributed by atoms with Crippen molar-refractivity contribution >= 4 is 17.5 Å². The molecule has 0 bridgehead atoms. The SMILES string of the molecule is Cn1cnnc1-c1cccc(NC(=O)CNC(=O)c2ccc3c(c2)OCO3)c1. The molecular formula is C19H17N5O4. The summed E-state index contributed by atoms with van der Waals surface area (Å²) in [6.45, 7) is -0.0301. The molecule has 9 heteroatoms. The maximum Gasteiger partial charge on any atom is 0.251 e. The summed E-state index contributed by atoms with van der Waals surface area (Å²) in [7, 11) is 1.84. The van der Waals surface area contributed by atoms with Gasteiger partial charge in [-0.2, -0.15) is 0 Å². The van der Waals surface area contributed by atoms with Gasteiger partial charge in [-0.1, -0.05) is 12.1 Å². The zero-order valence-electron chi connectivity index (χ0n) is 15.0. The Morgan fingerprint density at radius 3 is 2.82 bits per heavy atom. The van der Waals surface area contributed by atoms with Crippen molar-refractivity contribution in [3.05, 3.63) is 54.4 Å². The highest BCUT2D eigenvalue weighted by molar-refractivity contribution is 5.99. The van der Waals surface area contributed by atoms with E-state index in [-0.39, 0.29) is 25.2 Å². The summed E-state index contributed by atoms with van der Waals surface area (Å²) >= 11 is 0. The number of carbonyl (C=O) groups excluding carboxylic acids is 2. The van der Waals surface area contributed by atoms with Gasteiger partial charge >= 0.3 is 0 Å². The Hall–Kier alpha value is -3.88. The van der Waals surface area contributed by atoms with Crippen molar-refractivity contribution in [2.75, 3.05) is 18.7 Å². The molecule has 2 heterocycles. The number of aromatic nitrogens is 3. The van der Waals surface area contributed by atoms with Crippen LogP contribution in [0, 0.1) is 0 Å². The van der Waals surface area contributed by atoms with Gasteiger partial charge in [-0.3, -0.25) is 9.59 Å². The number of nitrogens with zero attached hydrogens (tertiary/aromatic N) is 3. The number of aryl methyl sites for hydroxylation is 1. The molecule has 4 rings (SSSR count). The van der Waals surface area contributed by atoms with E-state index in [2.05, 4.69) is 20.8 Å². The van der Waals surface area contributed by atoms with Crippen LogP contribution < -0.4 is 20.1 Å². The predicted molar refractivity (Wildman–Crippen MR) is 100.0 cm³/mol. The van der Waals surface area contributed by atoms with Crippen LogP contribution >= 0.6 is 0 Å². The quantitative estimate of drug-likeness (QED) is 0.697. The third-order valence-corrected chi connectivity index (χ3v) is 4.16. The number of amides is 2. The topological polar surface area (TPSA) is 107 Å². The fraction of sp³-hybridized carbons (Fsp3) is 0.158. The van der Waals surface area contributed by atoms with Gasteiger partial charge < -0.3 is 24.7 Å². The number of rotatable bonds is 5. The molecule has 0 unspecified atom stereocenters. The Morgan fingerprint density at radius 1 is 1.14 bits per heavy atom. The second-order valence-corrected chi connectivity index (χ2v) is 6.15. The Kier molecular flexibility index (Phi) is 4.63. The Labute approximate surface area is 160 Å². The molecule has 142 valence electrons. The van der Waals surface area contributed by atoms with E-state index >= 15 is 0 Å². The zero-order valence-corrected chi connectivity index (χ0v) is 15.0. The Balaban J connectivity index is 1.36. The number of benzene rings is 2. The lowest BCUT2D eigenvalue weighted by Crippen LogP contribution is -2.32. The molecule has 2 N–H and O–H groups in total. The molecule has 9 nitrogen and oxygen atoms in total. The second-order valence-electron chi connectivity index (χ2n) is 6.15. The van der Waals surface area contributed by atoms with Crippen molar-refractivity contribution in [2.45, 2.75) is 0 Å². The van der Waals surface area contributed by atoms with Gasteiger partial charge in [0, 0.05) is 23.9 Å². The van der Waals surface area contributed by atoms with Crippen molar-refractivity contribution in [3.8, 4) is 22.9 Å². The maximum absolute atomic E-state index is 12.2. The fourth-order valence-corrected chi connectivity index (χ4v) is 2.79. The van der Waals surface area contributed by atoms with Crippen LogP contribution in [0.3, 0.4) is 0 Å². The summed E-state index contributed by atoms with van der Waals surface area (Å²) < 4.78 is 12.2. The minimum absolute atomic E-state index is 0.135. The zero-order chi connectivity index (χ0) is 19.5. The molecule has 1 aliphatic heterocycles. The average Bonchev–Trinajstić information content (AvgIpc) is 3.34. The minimum atomic E-state index is -0.374. The van der Waals surface area contributed by atoms with Crippen LogP contribution in [0.15, 0.2) is 48.8 Å². The molecule has 0 atom stereocenters. The summed E-state index contributed by atoms with van der Waals surface area (Å²) in [5.74, 6) is 1.08. The predicted octanol–water partition coefficient (Wildman–Crippen LogP) is 1.58. The minimum Gasteiger partial charge on any atom is -0.454 e. The smallest absolute Gasteiger partial charge is 0.251 e. The summed E-state index contributed by atoms with van der Waals surface area (Å²) in [6, 6.07) is 12.1. The monoisotopic (exact) mass is 379 g/mol. The van der Waals surface area contributed by atoms with Gasteiger partial charge in [0.2, 0.25) is 12.7 Å². The van der Waals surface area contributed by atoms with E-state index in [1.807, 2.05) is 19.2 Å². The van der Waals surface area contributed by atoms with Crippen molar-refractivity contribution in [2.24, 2.45) is 7.05 Å². The standard InChI is InChI=1S/C19H17N5O4/c1-24-10-21-23-18(24)12-3-2-4-14(7-12)22-17(25)9-20-19(26)13-5-6-15-16(8-13)28-11-27-15/h2-8,10H,9,11H2,1H3,(H,20,26)(H,22,25). The van der Waals surface area contributed by atoms with Crippen LogP contribution in [0.5, 0.6) is 11.5 Å². The highest BCUT2D eigenvalue weighted by Crippen LogP contribution is 2.32. The van der Waals surface area contributed by atoms with E-state index in [1.54, 1.807) is 41.2 Å². The average molecular weight is 379 g/mol. The molecular weight excluding hydrogens is 362 g/mol. The molecule has 0 aliphatic carbocycles. The molecule has 0 saturated heterocycles. The third-order valence-electron chi connectivity index (χ3n) is 4.16. The molecule has 0 saturated carbocycles. The first kappa shape index (κ1) is 17.5. The highest BCUT2D eigenvalue weighted by atomic mass is 16.7. The Morgan fingerprint density at radius 2 is 2.00 bits per heavy atom. The lowest BCUT2D eigenvalue weighted by Gasteiger charge is -2.09. The van der Waals surface area contributed by atoms with Gasteiger partial charge in [-0.25, -0.2) is 0 Å². The summed E-state index contributed by atoms with van der Waals surface area (Å²) in [4.78, 5) is 24.4. The van der Waals surface area contributed by atoms with Crippen LogP contribution in [0.25, 0.3) is 11.4 Å². The van der Waals surface area contributed by atoms with Gasteiger partial charge in [-0.05, 0) is 30.3 Å². The number of carbonyl (C=O) groups is 2. The van der Waals surface area contributed by atoms with Gasteiger partial charge in [0.25, 0.3) is 5.91 Å². The molecule has 1 aliphatic rings. The molecule has 2 aromatic carbocycles. The van der Waals surface area contributed by atoms with Crippen LogP contribution in [-0.2, 0) is 11.8 Å². The van der Waals surface area contributed by atoms with Crippen molar-refractivity contribution in [3.63, 3.8) is 0 Å². The molecule has 3 aromatic rings. The molecule has 0 radical (unpaired) electrons. The van der Waals surface area contributed by atoms with Gasteiger partial charge in [0.1, 0.15) is 6.33 Å². The van der Waals surface area contributed by atoms with Gasteiger partial charge in [0.15, 0.2) is 17.3 Å². The molecule has 1 aromatic heterocycles. The van der Waals surface area contributed by atoms with E-state index in [4.69, 9.17) is 9.47 Å². The molecule has 0 fully saturated rings. The van der Waals surface area contributed by atoms with Crippen molar-refractivity contribution < 1.29 is 19.1 Å². The first-order valence-corrected chi connectivity index (χ1v) is 8.52. The van der Waals surface area contributed by atoms with Crippen LogP contribution in [-0.4, -0.2) is 39.9 Å². The van der Waals surface area contributed by atoms with E-state index in [9.17, 15) is 9.59 Å². The lowest BCUT2D eigenvalue weighted by atomic mass is 10.2. The summed E-state index contributed by atoms with van der Waals surface area (Å²) in [5, 5.41) is 13.2.